The highest BCUT2D eigenvalue weighted by molar-refractivity contribution is 5.76. The third-order valence-electron chi connectivity index (χ3n) is 4.49. The van der Waals surface area contributed by atoms with Gasteiger partial charge in [-0.25, -0.2) is 0 Å². The van der Waals surface area contributed by atoms with Gasteiger partial charge in [-0.15, -0.1) is 0 Å². The maximum atomic E-state index is 12.0. The van der Waals surface area contributed by atoms with E-state index in [0.29, 0.717) is 17.9 Å². The van der Waals surface area contributed by atoms with Crippen molar-refractivity contribution in [2.75, 3.05) is 33.4 Å². The summed E-state index contributed by atoms with van der Waals surface area (Å²) in [6.45, 7) is 5.56. The fourth-order valence-electron chi connectivity index (χ4n) is 3.29. The van der Waals surface area contributed by atoms with Crippen LogP contribution in [0.5, 0.6) is 0 Å². The molecule has 0 atom stereocenters. The van der Waals surface area contributed by atoms with E-state index in [-0.39, 0.29) is 12.4 Å². The van der Waals surface area contributed by atoms with Crippen LogP contribution in [0, 0.1) is 5.41 Å². The second-order valence-corrected chi connectivity index (χ2v) is 7.15. The van der Waals surface area contributed by atoms with E-state index in [4.69, 9.17) is 14.6 Å². The summed E-state index contributed by atoms with van der Waals surface area (Å²) >= 11 is 0. The molecule has 2 rings (SSSR count). The smallest absolute Gasteiger partial charge is 0.290 e. The number of nitrogens with zero attached hydrogens (tertiary/aromatic N) is 1. The van der Waals surface area contributed by atoms with Gasteiger partial charge in [0.1, 0.15) is 0 Å². The van der Waals surface area contributed by atoms with E-state index in [9.17, 15) is 4.79 Å². The van der Waals surface area contributed by atoms with Gasteiger partial charge in [0.2, 0.25) is 5.91 Å². The Kier molecular flexibility index (Phi) is 9.17. The van der Waals surface area contributed by atoms with Gasteiger partial charge in [-0.3, -0.25) is 9.59 Å². The molecule has 0 unspecified atom stereocenters. The number of nitrogens with one attached hydrogen (secondary N) is 1. The van der Waals surface area contributed by atoms with E-state index >= 15 is 0 Å². The van der Waals surface area contributed by atoms with Gasteiger partial charge in [0.15, 0.2) is 0 Å². The molecule has 6 nitrogen and oxygen atoms in total. The van der Waals surface area contributed by atoms with E-state index < -0.39 is 0 Å². The van der Waals surface area contributed by atoms with Crippen molar-refractivity contribution in [2.45, 2.75) is 57.9 Å². The van der Waals surface area contributed by atoms with Crippen LogP contribution in [0.3, 0.4) is 0 Å². The Labute approximate surface area is 139 Å². The fourth-order valence-corrected chi connectivity index (χ4v) is 3.29. The first-order chi connectivity index (χ1) is 11.0. The third kappa shape index (κ3) is 8.32. The second-order valence-electron chi connectivity index (χ2n) is 7.15. The third-order valence-corrected chi connectivity index (χ3v) is 4.49. The minimum absolute atomic E-state index is 0.221. The van der Waals surface area contributed by atoms with Gasteiger partial charge in [-0.2, -0.15) is 0 Å². The lowest BCUT2D eigenvalue weighted by Gasteiger charge is -2.40. The zero-order chi connectivity index (χ0) is 17.1. The summed E-state index contributed by atoms with van der Waals surface area (Å²) in [6, 6.07) is 0.424. The Morgan fingerprint density at radius 3 is 2.35 bits per heavy atom. The van der Waals surface area contributed by atoms with Gasteiger partial charge in [-0.05, 0) is 19.9 Å². The van der Waals surface area contributed by atoms with Crippen LogP contribution >= 0.6 is 0 Å². The van der Waals surface area contributed by atoms with E-state index in [1.54, 1.807) is 0 Å². The number of carbonyl (C=O) groups excluding carboxylic acids is 1. The molecule has 1 aliphatic carbocycles. The second kappa shape index (κ2) is 10.6. The standard InChI is InChI=1S/C16H30N2O2.CH2O2/c1-16(12-20-13-16)11-18(2)10-9-15(19)17-14-7-5-3-4-6-8-14;2-1-3/h14H,3-13H2,1-2H3,(H,17,19);1H,(H,2,3). The highest BCUT2D eigenvalue weighted by Crippen LogP contribution is 2.27. The Morgan fingerprint density at radius 1 is 1.30 bits per heavy atom. The summed E-state index contributed by atoms with van der Waals surface area (Å²) in [5.74, 6) is 0.221. The summed E-state index contributed by atoms with van der Waals surface area (Å²) in [6.07, 6.45) is 8.13. The van der Waals surface area contributed by atoms with Crippen molar-refractivity contribution >= 4 is 12.4 Å². The average molecular weight is 328 g/mol. The van der Waals surface area contributed by atoms with Crippen molar-refractivity contribution in [1.29, 1.82) is 0 Å². The molecule has 6 heteroatoms. The van der Waals surface area contributed by atoms with Crippen LogP contribution < -0.4 is 5.32 Å². The average Bonchev–Trinajstić information content (AvgIpc) is 2.73. The number of amides is 1. The quantitative estimate of drug-likeness (QED) is 0.575. The zero-order valence-corrected chi connectivity index (χ0v) is 14.6. The lowest BCUT2D eigenvalue weighted by molar-refractivity contribution is -0.124. The molecule has 2 aliphatic rings. The summed E-state index contributed by atoms with van der Waals surface area (Å²) in [4.78, 5) is 22.6. The molecule has 0 radical (unpaired) electrons. The van der Waals surface area contributed by atoms with Gasteiger partial charge in [0, 0.05) is 31.0 Å². The molecule has 0 aromatic rings. The molecule has 0 aromatic carbocycles. The molecular weight excluding hydrogens is 296 g/mol. The van der Waals surface area contributed by atoms with Gasteiger partial charge < -0.3 is 20.1 Å². The van der Waals surface area contributed by atoms with Crippen LogP contribution in [0.2, 0.25) is 0 Å². The van der Waals surface area contributed by atoms with E-state index in [1.807, 2.05) is 0 Å². The molecule has 134 valence electrons. The van der Waals surface area contributed by atoms with Crippen LogP contribution in [-0.4, -0.2) is 61.8 Å². The van der Waals surface area contributed by atoms with Gasteiger partial charge in [-0.1, -0.05) is 32.6 Å². The van der Waals surface area contributed by atoms with Gasteiger partial charge >= 0.3 is 0 Å². The monoisotopic (exact) mass is 328 g/mol. The summed E-state index contributed by atoms with van der Waals surface area (Å²) in [7, 11) is 2.10. The number of rotatable bonds is 6. The molecular formula is C17H32N2O4. The Balaban J connectivity index is 0.000000816. The van der Waals surface area contributed by atoms with E-state index in [2.05, 4.69) is 24.2 Å². The number of carbonyl (C=O) groups is 2. The molecule has 2 N–H and O–H groups in total. The van der Waals surface area contributed by atoms with Gasteiger partial charge in [0.05, 0.1) is 13.2 Å². The van der Waals surface area contributed by atoms with Crippen LogP contribution in [0.1, 0.15) is 51.9 Å². The van der Waals surface area contributed by atoms with Crippen LogP contribution in [-0.2, 0) is 14.3 Å². The SMILES string of the molecule is CN(CCC(=O)NC1CCCCCC1)CC1(C)COC1.O=CO. The molecule has 1 saturated heterocycles. The molecule has 2 fully saturated rings. The molecule has 1 aliphatic heterocycles. The normalized spacial score (nSPS) is 20.7. The predicted molar refractivity (Wildman–Crippen MR) is 89.4 cm³/mol. The van der Waals surface area contributed by atoms with E-state index in [0.717, 1.165) is 39.1 Å². The molecule has 23 heavy (non-hydrogen) atoms. The highest BCUT2D eigenvalue weighted by atomic mass is 16.5. The molecule has 0 bridgehead atoms. The van der Waals surface area contributed by atoms with Crippen LogP contribution in [0.25, 0.3) is 0 Å². The first-order valence-corrected chi connectivity index (χ1v) is 8.62. The number of ether oxygens (including phenoxy) is 1. The fraction of sp³-hybridized carbons (Fsp3) is 0.882. The van der Waals surface area contributed by atoms with Crippen molar-refractivity contribution in [1.82, 2.24) is 10.2 Å². The minimum Gasteiger partial charge on any atom is -0.483 e. The van der Waals surface area contributed by atoms with E-state index in [1.165, 1.54) is 25.7 Å². The molecule has 0 aromatic heterocycles. The Morgan fingerprint density at radius 2 is 1.87 bits per heavy atom. The topological polar surface area (TPSA) is 78.9 Å². The lowest BCUT2D eigenvalue weighted by atomic mass is 9.88. The lowest BCUT2D eigenvalue weighted by Crippen LogP contribution is -2.48. The Bertz CT molecular complexity index is 351. The zero-order valence-electron chi connectivity index (χ0n) is 14.6. The van der Waals surface area contributed by atoms with Crippen molar-refractivity contribution in [2.24, 2.45) is 5.41 Å². The molecule has 0 spiro atoms. The number of hydrogen-bond donors (Lipinski definition) is 2. The molecule has 1 amide bonds. The summed E-state index contributed by atoms with van der Waals surface area (Å²) in [5.41, 5.74) is 0.298. The van der Waals surface area contributed by atoms with Crippen molar-refractivity contribution in [3.05, 3.63) is 0 Å². The minimum atomic E-state index is -0.250. The van der Waals surface area contributed by atoms with Gasteiger partial charge in [0.25, 0.3) is 6.47 Å². The van der Waals surface area contributed by atoms with Crippen molar-refractivity contribution < 1.29 is 19.4 Å². The number of hydrogen-bond acceptors (Lipinski definition) is 4. The predicted octanol–water partition coefficient (Wildman–Crippen LogP) is 1.88. The van der Waals surface area contributed by atoms with Crippen molar-refractivity contribution in [3.8, 4) is 0 Å². The van der Waals surface area contributed by atoms with Crippen LogP contribution in [0.4, 0.5) is 0 Å². The maximum Gasteiger partial charge on any atom is 0.290 e. The molecule has 1 heterocycles. The van der Waals surface area contributed by atoms with Crippen molar-refractivity contribution in [3.63, 3.8) is 0 Å². The summed E-state index contributed by atoms with van der Waals surface area (Å²) in [5, 5.41) is 10.1. The summed E-state index contributed by atoms with van der Waals surface area (Å²) < 4.78 is 5.27. The largest absolute Gasteiger partial charge is 0.483 e. The molecule has 1 saturated carbocycles. The first kappa shape index (κ1) is 19.9. The highest BCUT2D eigenvalue weighted by Gasteiger charge is 2.34. The van der Waals surface area contributed by atoms with Crippen LogP contribution in [0.15, 0.2) is 0 Å². The first-order valence-electron chi connectivity index (χ1n) is 8.62. The Hall–Kier alpha value is -1.14. The maximum absolute atomic E-state index is 12.0. The number of carboxylic acid groups (broad SMARTS) is 1.